The fraction of sp³-hybridized carbons (Fsp3) is 0.444. The predicted octanol–water partition coefficient (Wildman–Crippen LogP) is -0.278. The molecule has 2 N–H and O–H groups in total. The average molecular weight is 205 g/mol. The third-order valence-electron chi connectivity index (χ3n) is 1.46. The summed E-state index contributed by atoms with van der Waals surface area (Å²) in [6.45, 7) is -3.40. The van der Waals surface area contributed by atoms with Crippen molar-refractivity contribution in [1.82, 2.24) is 4.98 Å². The van der Waals surface area contributed by atoms with E-state index in [0.29, 0.717) is 6.07 Å². The number of hydrogen-bond acceptors (Lipinski definition) is 4. The molecular weight excluding hydrogens is 181 g/mol. The molecule has 0 fully saturated rings. The maximum atomic E-state index is 9.14. The van der Waals surface area contributed by atoms with Crippen LogP contribution in [0.15, 0.2) is 12.3 Å². The first-order chi connectivity index (χ1) is 10.5. The fourth-order valence-corrected chi connectivity index (χ4v) is 0.848. The molecule has 1 aromatic heterocycles. The Morgan fingerprint density at radius 3 is 3.21 bits per heavy atom. The summed E-state index contributed by atoms with van der Waals surface area (Å²) in [4.78, 5) is 3.45. The van der Waals surface area contributed by atoms with Crippen molar-refractivity contribution in [3.05, 3.63) is 17.8 Å². The third kappa shape index (κ3) is 2.46. The zero-order chi connectivity index (χ0) is 19.1. The maximum absolute atomic E-state index is 9.14. The highest BCUT2D eigenvalue weighted by molar-refractivity contribution is 6.58. The molecule has 0 saturated heterocycles. The molecule has 0 aliphatic heterocycles. The van der Waals surface area contributed by atoms with E-state index in [1.807, 2.05) is 0 Å². The summed E-state index contributed by atoms with van der Waals surface area (Å²) in [5, 5.41) is 18.3. The van der Waals surface area contributed by atoms with Crippen LogP contribution in [-0.2, 0) is 6.37 Å². The molecule has 0 aliphatic rings. The second-order valence-corrected chi connectivity index (χ2v) is 2.35. The molecule has 1 aromatic rings. The van der Waals surface area contributed by atoms with Crippen molar-refractivity contribution >= 4 is 12.6 Å². The van der Waals surface area contributed by atoms with E-state index in [-0.39, 0.29) is 0 Å². The summed E-state index contributed by atoms with van der Waals surface area (Å²) in [6, 6.07) is 0.697. The zero-order valence-electron chi connectivity index (χ0n) is 17.0. The summed E-state index contributed by atoms with van der Waals surface area (Å²) >= 11 is 0. The van der Waals surface area contributed by atoms with Crippen LogP contribution in [0.4, 0.5) is 0 Å². The summed E-state index contributed by atoms with van der Waals surface area (Å²) in [7, 11) is -5.18. The van der Waals surface area contributed by atoms with Crippen LogP contribution in [-0.4, -0.2) is 29.2 Å². The van der Waals surface area contributed by atoms with E-state index >= 15 is 0 Å². The lowest BCUT2D eigenvalue weighted by Gasteiger charge is -2.08. The number of nitrogens with zero attached hydrogens (tertiary/aromatic N) is 1. The van der Waals surface area contributed by atoms with Gasteiger partial charge in [-0.2, -0.15) is 0 Å². The molecule has 1 rings (SSSR count). The Morgan fingerprint density at radius 2 is 2.57 bits per heavy atom. The summed E-state index contributed by atoms with van der Waals surface area (Å²) < 4.78 is 78.1. The van der Waals surface area contributed by atoms with E-state index in [4.69, 9.17) is 23.8 Å². The quantitative estimate of drug-likeness (QED) is 0.664. The van der Waals surface area contributed by atoms with Gasteiger partial charge in [0.1, 0.15) is 0 Å². The number of aryl methyl sites for hydroxylation is 1. The van der Waals surface area contributed by atoms with Crippen molar-refractivity contribution in [1.29, 1.82) is 0 Å². The van der Waals surface area contributed by atoms with E-state index in [9.17, 15) is 0 Å². The molecule has 0 amide bonds. The number of pyridine rings is 1. The highest BCUT2D eigenvalue weighted by Crippen LogP contribution is 2.14. The molecule has 14 heavy (non-hydrogen) atoms. The number of rotatable bonds is 4. The Kier molecular flexibility index (Phi) is 1.24. The normalized spacial score (nSPS) is 24.4. The van der Waals surface area contributed by atoms with Crippen LogP contribution in [0.2, 0.25) is 0 Å². The summed E-state index contributed by atoms with van der Waals surface area (Å²) in [6.07, 6.45) is -5.94. The lowest BCUT2D eigenvalue weighted by Crippen LogP contribution is -2.30. The lowest BCUT2D eigenvalue weighted by atomic mass is 9.81. The summed E-state index contributed by atoms with van der Waals surface area (Å²) in [5.74, 6) is -0.877. The molecule has 0 bridgehead atoms. The van der Waals surface area contributed by atoms with Gasteiger partial charge in [0.2, 0.25) is 5.88 Å². The topological polar surface area (TPSA) is 62.6 Å². The van der Waals surface area contributed by atoms with E-state index in [1.54, 1.807) is 0 Å². The monoisotopic (exact) mass is 205 g/mol. The van der Waals surface area contributed by atoms with Crippen LogP contribution in [0.25, 0.3) is 0 Å². The first-order valence-corrected chi connectivity index (χ1v) is 3.56. The second-order valence-electron chi connectivity index (χ2n) is 2.35. The van der Waals surface area contributed by atoms with Crippen molar-refractivity contribution in [3.63, 3.8) is 0 Å². The van der Waals surface area contributed by atoms with Crippen LogP contribution in [0.5, 0.6) is 5.88 Å². The van der Waals surface area contributed by atoms with Crippen LogP contribution >= 0.6 is 0 Å². The molecule has 1 heterocycles. The van der Waals surface area contributed by atoms with E-state index in [0.717, 1.165) is 6.20 Å². The minimum Gasteiger partial charge on any atom is -0.481 e. The first kappa shape index (κ1) is 3.50. The van der Waals surface area contributed by atoms with Gasteiger partial charge in [-0.3, -0.25) is 0 Å². The van der Waals surface area contributed by atoms with E-state index in [1.165, 1.54) is 0 Å². The Labute approximate surface area is 97.8 Å². The first-order valence-electron chi connectivity index (χ1n) is 8.56. The van der Waals surface area contributed by atoms with E-state index in [2.05, 4.69) is 9.72 Å². The maximum Gasteiger partial charge on any atom is 0.490 e. The van der Waals surface area contributed by atoms with Gasteiger partial charge in [0, 0.05) is 26.8 Å². The van der Waals surface area contributed by atoms with Gasteiger partial charge in [0.05, 0.1) is 11.2 Å². The standard InChI is InChI=1S/C9H14BNO3/c1-3-4-7-5-8(10(12)13)6-11-9(7)14-2/h5-6,12-13H,3-4H2,1-2H3/i1D3,2D3,3D2,4D2. The molecule has 5 heteroatoms. The Morgan fingerprint density at radius 1 is 1.71 bits per heavy atom. The molecule has 0 aromatic carbocycles. The minimum absolute atomic E-state index is 0.395. The van der Waals surface area contributed by atoms with Crippen molar-refractivity contribution in [2.45, 2.75) is 19.6 Å². The Hall–Kier alpha value is -1.07. The highest BCUT2D eigenvalue weighted by Gasteiger charge is 2.14. The van der Waals surface area contributed by atoms with Crippen molar-refractivity contribution in [3.8, 4) is 5.88 Å². The van der Waals surface area contributed by atoms with Gasteiger partial charge in [0.25, 0.3) is 0 Å². The van der Waals surface area contributed by atoms with Gasteiger partial charge in [-0.05, 0) is 6.37 Å². The lowest BCUT2D eigenvalue weighted by molar-refractivity contribution is 0.392. The fourth-order valence-electron chi connectivity index (χ4n) is 0.848. The van der Waals surface area contributed by atoms with Gasteiger partial charge < -0.3 is 14.8 Å². The van der Waals surface area contributed by atoms with Gasteiger partial charge in [-0.1, -0.05) is 19.3 Å². The van der Waals surface area contributed by atoms with Crippen LogP contribution in [0.3, 0.4) is 0 Å². The van der Waals surface area contributed by atoms with Gasteiger partial charge >= 0.3 is 7.12 Å². The molecule has 0 atom stereocenters. The smallest absolute Gasteiger partial charge is 0.481 e. The number of hydrogen-bond donors (Lipinski definition) is 2. The minimum atomic E-state index is -3.45. The van der Waals surface area contributed by atoms with E-state index < -0.39 is 50.7 Å². The van der Waals surface area contributed by atoms with Crippen molar-refractivity contribution < 1.29 is 28.5 Å². The SMILES string of the molecule is [2H]C([2H])([2H])Oc1ncc(B(O)O)cc1C([2H])([2H])C([2H])([2H])C([2H])([2H])[2H]. The largest absolute Gasteiger partial charge is 0.490 e. The number of aromatic nitrogens is 1. The second kappa shape index (κ2) is 4.98. The zero-order valence-corrected chi connectivity index (χ0v) is 6.98. The van der Waals surface area contributed by atoms with Gasteiger partial charge in [-0.25, -0.2) is 4.98 Å². The molecule has 4 nitrogen and oxygen atoms in total. The summed E-state index contributed by atoms with van der Waals surface area (Å²) in [5.41, 5.74) is -1.27. The van der Waals surface area contributed by atoms with Crippen LogP contribution in [0, 0.1) is 0 Å². The van der Waals surface area contributed by atoms with Crippen molar-refractivity contribution in [2.75, 3.05) is 7.04 Å². The average Bonchev–Trinajstić information content (AvgIpc) is 2.35. The third-order valence-corrected chi connectivity index (χ3v) is 1.46. The number of ether oxygens (including phenoxy) is 1. The molecule has 0 unspecified atom stereocenters. The van der Waals surface area contributed by atoms with Crippen LogP contribution < -0.4 is 10.2 Å². The molecule has 0 saturated carbocycles. The van der Waals surface area contributed by atoms with Gasteiger partial charge in [-0.15, -0.1) is 0 Å². The highest BCUT2D eigenvalue weighted by atomic mass is 16.5. The molecule has 0 radical (unpaired) electrons. The molecular formula is C9H14BNO3. The van der Waals surface area contributed by atoms with Crippen LogP contribution in [0.1, 0.15) is 32.5 Å². The molecule has 76 valence electrons. The molecule has 0 spiro atoms. The Bertz CT molecular complexity index is 600. The Balaban J connectivity index is 3.60. The van der Waals surface area contributed by atoms with Gasteiger partial charge in [0.15, 0.2) is 0 Å². The number of methoxy groups -OCH3 is 1. The predicted molar refractivity (Wildman–Crippen MR) is 54.6 cm³/mol. The molecule has 0 aliphatic carbocycles. The van der Waals surface area contributed by atoms with Crippen molar-refractivity contribution in [2.24, 2.45) is 0 Å².